The van der Waals surface area contributed by atoms with Crippen molar-refractivity contribution < 1.29 is 18.8 Å². The largest absolute Gasteiger partial charge is 0.467 e. The van der Waals surface area contributed by atoms with Crippen molar-refractivity contribution in [1.82, 2.24) is 9.80 Å². The molecule has 0 saturated carbocycles. The quantitative estimate of drug-likeness (QED) is 0.797. The lowest BCUT2D eigenvalue weighted by Gasteiger charge is -2.19. The molecule has 2 heterocycles. The number of carbonyl (C=O) groups excluding carboxylic acids is 3. The van der Waals surface area contributed by atoms with Crippen molar-refractivity contribution in [3.05, 3.63) is 54.0 Å². The SMILES string of the molecule is CCN(CC)C(=O)c1cccc(NC(=O)[C@@H]2CC(=O)N(Cc3ccco3)C2)c1. The molecular formula is C21H25N3O4. The lowest BCUT2D eigenvalue weighted by molar-refractivity contribution is -0.128. The third-order valence-corrected chi connectivity index (χ3v) is 4.94. The van der Waals surface area contributed by atoms with E-state index in [1.165, 1.54) is 0 Å². The molecule has 1 saturated heterocycles. The maximum atomic E-state index is 12.6. The summed E-state index contributed by atoms with van der Waals surface area (Å²) in [5, 5.41) is 2.84. The maximum absolute atomic E-state index is 12.6. The number of hydrogen-bond donors (Lipinski definition) is 1. The third kappa shape index (κ3) is 4.42. The minimum atomic E-state index is -0.426. The van der Waals surface area contributed by atoms with E-state index in [1.54, 1.807) is 52.5 Å². The van der Waals surface area contributed by atoms with Crippen LogP contribution in [0.5, 0.6) is 0 Å². The summed E-state index contributed by atoms with van der Waals surface area (Å²) in [6.45, 7) is 5.83. The molecular weight excluding hydrogens is 358 g/mol. The number of nitrogens with one attached hydrogen (secondary N) is 1. The number of anilines is 1. The molecule has 1 N–H and O–H groups in total. The third-order valence-electron chi connectivity index (χ3n) is 4.94. The molecule has 1 atom stereocenters. The Hall–Kier alpha value is -3.09. The van der Waals surface area contributed by atoms with Gasteiger partial charge in [0.15, 0.2) is 0 Å². The number of likely N-dealkylation sites (tertiary alicyclic amines) is 1. The number of rotatable bonds is 7. The Labute approximate surface area is 164 Å². The molecule has 1 aliphatic heterocycles. The Morgan fingerprint density at radius 1 is 1.21 bits per heavy atom. The normalized spacial score (nSPS) is 16.3. The van der Waals surface area contributed by atoms with E-state index >= 15 is 0 Å². The van der Waals surface area contributed by atoms with Crippen LogP contribution in [0.3, 0.4) is 0 Å². The van der Waals surface area contributed by atoms with Crippen LogP contribution in [-0.2, 0) is 16.1 Å². The van der Waals surface area contributed by atoms with E-state index in [0.29, 0.717) is 43.2 Å². The molecule has 3 amide bonds. The molecule has 28 heavy (non-hydrogen) atoms. The van der Waals surface area contributed by atoms with E-state index in [2.05, 4.69) is 5.32 Å². The highest BCUT2D eigenvalue weighted by Gasteiger charge is 2.34. The Kier molecular flexibility index (Phi) is 6.13. The van der Waals surface area contributed by atoms with Crippen LogP contribution in [0, 0.1) is 5.92 Å². The molecule has 0 radical (unpaired) electrons. The summed E-state index contributed by atoms with van der Waals surface area (Å²) in [6.07, 6.45) is 1.73. The fourth-order valence-corrected chi connectivity index (χ4v) is 3.36. The van der Waals surface area contributed by atoms with E-state index in [1.807, 2.05) is 13.8 Å². The summed E-state index contributed by atoms with van der Waals surface area (Å²) in [7, 11) is 0. The molecule has 2 aromatic rings. The van der Waals surface area contributed by atoms with Crippen LogP contribution < -0.4 is 5.32 Å². The highest BCUT2D eigenvalue weighted by Crippen LogP contribution is 2.22. The highest BCUT2D eigenvalue weighted by molar-refractivity contribution is 5.99. The van der Waals surface area contributed by atoms with Crippen LogP contribution in [-0.4, -0.2) is 47.2 Å². The molecule has 7 heteroatoms. The predicted molar refractivity (Wildman–Crippen MR) is 105 cm³/mol. The van der Waals surface area contributed by atoms with Gasteiger partial charge in [-0.1, -0.05) is 6.07 Å². The van der Waals surface area contributed by atoms with Crippen LogP contribution in [0.4, 0.5) is 5.69 Å². The Morgan fingerprint density at radius 2 is 2.00 bits per heavy atom. The van der Waals surface area contributed by atoms with Gasteiger partial charge in [-0.25, -0.2) is 0 Å². The molecule has 148 valence electrons. The van der Waals surface area contributed by atoms with Gasteiger partial charge in [0, 0.05) is 37.3 Å². The molecule has 0 spiro atoms. The smallest absolute Gasteiger partial charge is 0.253 e. The van der Waals surface area contributed by atoms with Gasteiger partial charge in [-0.3, -0.25) is 14.4 Å². The van der Waals surface area contributed by atoms with E-state index in [-0.39, 0.29) is 24.1 Å². The first kappa shape index (κ1) is 19.7. The zero-order valence-corrected chi connectivity index (χ0v) is 16.2. The van der Waals surface area contributed by atoms with Gasteiger partial charge >= 0.3 is 0 Å². The summed E-state index contributed by atoms with van der Waals surface area (Å²) in [5.41, 5.74) is 1.09. The summed E-state index contributed by atoms with van der Waals surface area (Å²) >= 11 is 0. The summed E-state index contributed by atoms with van der Waals surface area (Å²) < 4.78 is 5.28. The first-order valence-corrected chi connectivity index (χ1v) is 9.52. The zero-order chi connectivity index (χ0) is 20.1. The average molecular weight is 383 g/mol. The molecule has 3 rings (SSSR count). The van der Waals surface area contributed by atoms with Gasteiger partial charge in [0.2, 0.25) is 11.8 Å². The molecule has 0 aliphatic carbocycles. The van der Waals surface area contributed by atoms with Crippen molar-refractivity contribution in [3.8, 4) is 0 Å². The van der Waals surface area contributed by atoms with E-state index < -0.39 is 5.92 Å². The number of furan rings is 1. The maximum Gasteiger partial charge on any atom is 0.253 e. The molecule has 1 aliphatic rings. The fourth-order valence-electron chi connectivity index (χ4n) is 3.36. The van der Waals surface area contributed by atoms with Gasteiger partial charge in [0.25, 0.3) is 5.91 Å². The van der Waals surface area contributed by atoms with Gasteiger partial charge in [0.1, 0.15) is 5.76 Å². The predicted octanol–water partition coefficient (Wildman–Crippen LogP) is 2.75. The van der Waals surface area contributed by atoms with Crippen LogP contribution >= 0.6 is 0 Å². The summed E-state index contributed by atoms with van der Waals surface area (Å²) in [4.78, 5) is 40.7. The molecule has 1 fully saturated rings. The summed E-state index contributed by atoms with van der Waals surface area (Å²) in [5.74, 6) is -0.0897. The first-order valence-electron chi connectivity index (χ1n) is 9.52. The van der Waals surface area contributed by atoms with Crippen molar-refractivity contribution >= 4 is 23.4 Å². The second kappa shape index (κ2) is 8.73. The fraction of sp³-hybridized carbons (Fsp3) is 0.381. The molecule has 1 aromatic carbocycles. The Morgan fingerprint density at radius 3 is 2.68 bits per heavy atom. The van der Waals surface area contributed by atoms with Crippen molar-refractivity contribution in [2.24, 2.45) is 5.92 Å². The van der Waals surface area contributed by atoms with Crippen LogP contribution in [0.25, 0.3) is 0 Å². The number of carbonyl (C=O) groups is 3. The standard InChI is InChI=1S/C21H25N3O4/c1-3-23(4-2)21(27)15-7-5-8-17(11-15)22-20(26)16-12-19(25)24(13-16)14-18-9-6-10-28-18/h5-11,16H,3-4,12-14H2,1-2H3,(H,22,26)/t16-/m1/s1. The first-order chi connectivity index (χ1) is 13.5. The van der Waals surface area contributed by atoms with Crippen LogP contribution in [0.2, 0.25) is 0 Å². The van der Waals surface area contributed by atoms with Gasteiger partial charge < -0.3 is 19.5 Å². The number of benzene rings is 1. The van der Waals surface area contributed by atoms with E-state index in [0.717, 1.165) is 0 Å². The molecule has 1 aromatic heterocycles. The van der Waals surface area contributed by atoms with Crippen LogP contribution in [0.15, 0.2) is 47.1 Å². The zero-order valence-electron chi connectivity index (χ0n) is 16.2. The van der Waals surface area contributed by atoms with Gasteiger partial charge in [0.05, 0.1) is 18.7 Å². The second-order valence-electron chi connectivity index (χ2n) is 6.80. The molecule has 7 nitrogen and oxygen atoms in total. The lowest BCUT2D eigenvalue weighted by atomic mass is 10.1. The summed E-state index contributed by atoms with van der Waals surface area (Å²) in [6, 6.07) is 10.5. The lowest BCUT2D eigenvalue weighted by Crippen LogP contribution is -2.30. The molecule has 0 unspecified atom stereocenters. The van der Waals surface area contributed by atoms with Crippen molar-refractivity contribution in [2.45, 2.75) is 26.8 Å². The van der Waals surface area contributed by atoms with Crippen molar-refractivity contribution in [3.63, 3.8) is 0 Å². The monoisotopic (exact) mass is 383 g/mol. The van der Waals surface area contributed by atoms with Gasteiger partial charge in [-0.15, -0.1) is 0 Å². The number of amides is 3. The number of hydrogen-bond acceptors (Lipinski definition) is 4. The average Bonchev–Trinajstić information content (AvgIpc) is 3.33. The van der Waals surface area contributed by atoms with Gasteiger partial charge in [-0.05, 0) is 44.2 Å². The van der Waals surface area contributed by atoms with E-state index in [9.17, 15) is 14.4 Å². The van der Waals surface area contributed by atoms with Crippen molar-refractivity contribution in [2.75, 3.05) is 25.0 Å². The minimum absolute atomic E-state index is 0.0676. The molecule has 0 bridgehead atoms. The van der Waals surface area contributed by atoms with Crippen LogP contribution in [0.1, 0.15) is 36.4 Å². The number of nitrogens with zero attached hydrogens (tertiary/aromatic N) is 2. The Balaban J connectivity index is 1.62. The Bertz CT molecular complexity index is 843. The van der Waals surface area contributed by atoms with E-state index in [4.69, 9.17) is 4.42 Å². The van der Waals surface area contributed by atoms with Crippen molar-refractivity contribution in [1.29, 1.82) is 0 Å². The van der Waals surface area contributed by atoms with Gasteiger partial charge in [-0.2, -0.15) is 0 Å². The topological polar surface area (TPSA) is 82.9 Å². The minimum Gasteiger partial charge on any atom is -0.467 e. The second-order valence-corrected chi connectivity index (χ2v) is 6.80. The highest BCUT2D eigenvalue weighted by atomic mass is 16.3.